The fourth-order valence-electron chi connectivity index (χ4n) is 2.28. The average Bonchev–Trinajstić information content (AvgIpc) is 2.70. The van der Waals surface area contributed by atoms with Crippen LogP contribution >= 0.6 is 0 Å². The summed E-state index contributed by atoms with van der Waals surface area (Å²) in [4.78, 5) is 4.36. The Hall–Kier alpha value is -1.75. The average molecular weight is 247 g/mol. The minimum atomic E-state index is -0.0420. The molecule has 1 aliphatic carbocycles. The number of nitrogen functional groups attached to an aromatic ring is 1. The molecule has 0 bridgehead atoms. The molecule has 5 nitrogen and oxygen atoms in total. The van der Waals surface area contributed by atoms with Gasteiger partial charge in [-0.1, -0.05) is 0 Å². The number of ether oxygens (including phenoxy) is 1. The monoisotopic (exact) mass is 247 g/mol. The molecule has 1 aromatic heterocycles. The number of nitrogens with two attached hydrogens (primary N) is 1. The van der Waals surface area contributed by atoms with Crippen molar-refractivity contribution in [3.8, 4) is 0 Å². The van der Waals surface area contributed by atoms with Gasteiger partial charge in [0.2, 0.25) is 0 Å². The minimum Gasteiger partial charge on any atom is -0.423 e. The lowest BCUT2D eigenvalue weighted by atomic mass is 9.80. The van der Waals surface area contributed by atoms with E-state index in [1.807, 2.05) is 12.1 Å². The van der Waals surface area contributed by atoms with Crippen LogP contribution in [-0.2, 0) is 4.74 Å². The van der Waals surface area contributed by atoms with Gasteiger partial charge >= 0.3 is 0 Å². The summed E-state index contributed by atoms with van der Waals surface area (Å²) in [5, 5.41) is 3.20. The van der Waals surface area contributed by atoms with Crippen molar-refractivity contribution in [3.05, 3.63) is 18.2 Å². The maximum absolute atomic E-state index is 5.70. The molecule has 0 atom stereocenters. The van der Waals surface area contributed by atoms with E-state index in [2.05, 4.69) is 10.3 Å². The molecule has 1 heterocycles. The van der Waals surface area contributed by atoms with Crippen LogP contribution in [0.4, 0.5) is 11.7 Å². The van der Waals surface area contributed by atoms with E-state index < -0.39 is 0 Å². The SMILES string of the molecule is COC1(CNc2nc3ccc(N)cc3o2)CCC1. The van der Waals surface area contributed by atoms with E-state index in [-0.39, 0.29) is 5.60 Å². The molecular formula is C13H17N3O2. The molecule has 5 heteroatoms. The Kier molecular flexibility index (Phi) is 2.63. The smallest absolute Gasteiger partial charge is 0.295 e. The maximum Gasteiger partial charge on any atom is 0.295 e. The number of fused-ring (bicyclic) bond motifs is 1. The molecule has 2 aromatic rings. The van der Waals surface area contributed by atoms with Crippen molar-refractivity contribution < 1.29 is 9.15 Å². The topological polar surface area (TPSA) is 73.3 Å². The zero-order valence-electron chi connectivity index (χ0n) is 10.4. The molecule has 0 spiro atoms. The molecule has 0 radical (unpaired) electrons. The van der Waals surface area contributed by atoms with Crippen molar-refractivity contribution in [3.63, 3.8) is 0 Å². The number of nitrogens with one attached hydrogen (secondary N) is 1. The summed E-state index contributed by atoms with van der Waals surface area (Å²) in [5.41, 5.74) is 7.85. The summed E-state index contributed by atoms with van der Waals surface area (Å²) in [6.07, 6.45) is 3.40. The second-order valence-corrected chi connectivity index (χ2v) is 4.84. The van der Waals surface area contributed by atoms with E-state index in [4.69, 9.17) is 14.9 Å². The van der Waals surface area contributed by atoms with Gasteiger partial charge in [0.1, 0.15) is 5.52 Å². The Morgan fingerprint density at radius 2 is 2.33 bits per heavy atom. The van der Waals surface area contributed by atoms with Gasteiger partial charge in [-0.05, 0) is 31.4 Å². The lowest BCUT2D eigenvalue weighted by Crippen LogP contribution is -2.45. The quantitative estimate of drug-likeness (QED) is 0.811. The van der Waals surface area contributed by atoms with Crippen LogP contribution in [0.2, 0.25) is 0 Å². The van der Waals surface area contributed by atoms with Crippen molar-refractivity contribution in [2.24, 2.45) is 0 Å². The maximum atomic E-state index is 5.70. The first kappa shape index (κ1) is 11.3. The molecular weight excluding hydrogens is 230 g/mol. The summed E-state index contributed by atoms with van der Waals surface area (Å²) in [6.45, 7) is 0.728. The van der Waals surface area contributed by atoms with Gasteiger partial charge in [-0.2, -0.15) is 4.98 Å². The van der Waals surface area contributed by atoms with Crippen LogP contribution in [0.25, 0.3) is 11.1 Å². The molecule has 3 rings (SSSR count). The molecule has 1 aromatic carbocycles. The second kappa shape index (κ2) is 4.17. The van der Waals surface area contributed by atoms with Crippen molar-refractivity contribution in [2.75, 3.05) is 24.7 Å². The van der Waals surface area contributed by atoms with E-state index in [1.54, 1.807) is 13.2 Å². The number of oxazole rings is 1. The van der Waals surface area contributed by atoms with Crippen molar-refractivity contribution in [2.45, 2.75) is 24.9 Å². The zero-order valence-corrected chi connectivity index (χ0v) is 10.4. The van der Waals surface area contributed by atoms with E-state index in [1.165, 1.54) is 6.42 Å². The van der Waals surface area contributed by atoms with Gasteiger partial charge in [-0.15, -0.1) is 0 Å². The minimum absolute atomic E-state index is 0.0420. The third-order valence-electron chi connectivity index (χ3n) is 3.67. The Morgan fingerprint density at radius 3 is 3.00 bits per heavy atom. The molecule has 0 unspecified atom stereocenters. The van der Waals surface area contributed by atoms with Gasteiger partial charge in [0, 0.05) is 25.4 Å². The van der Waals surface area contributed by atoms with Gasteiger partial charge in [-0.25, -0.2) is 0 Å². The summed E-state index contributed by atoms with van der Waals surface area (Å²) < 4.78 is 11.1. The first-order valence-corrected chi connectivity index (χ1v) is 6.16. The van der Waals surface area contributed by atoms with Crippen LogP contribution in [0, 0.1) is 0 Å². The Morgan fingerprint density at radius 1 is 1.50 bits per heavy atom. The molecule has 0 aliphatic heterocycles. The van der Waals surface area contributed by atoms with Crippen molar-refractivity contribution in [1.82, 2.24) is 4.98 Å². The molecule has 96 valence electrons. The van der Waals surface area contributed by atoms with Gasteiger partial charge in [0.05, 0.1) is 5.60 Å². The standard InChI is InChI=1S/C13H17N3O2/c1-17-13(5-2-6-13)8-15-12-16-10-4-3-9(14)7-11(10)18-12/h3-4,7H,2,5-6,8,14H2,1H3,(H,15,16). The number of methoxy groups -OCH3 is 1. The number of hydrogen-bond donors (Lipinski definition) is 2. The van der Waals surface area contributed by atoms with Gasteiger partial charge in [0.25, 0.3) is 6.01 Å². The van der Waals surface area contributed by atoms with Crippen LogP contribution in [-0.4, -0.2) is 24.2 Å². The predicted molar refractivity (Wildman–Crippen MR) is 70.5 cm³/mol. The number of nitrogens with zero attached hydrogens (tertiary/aromatic N) is 1. The highest BCUT2D eigenvalue weighted by Gasteiger charge is 2.37. The van der Waals surface area contributed by atoms with E-state index >= 15 is 0 Å². The van der Waals surface area contributed by atoms with Crippen LogP contribution in [0.3, 0.4) is 0 Å². The normalized spacial score (nSPS) is 17.6. The Labute approximate surface area is 105 Å². The lowest BCUT2D eigenvalue weighted by Gasteiger charge is -2.40. The van der Waals surface area contributed by atoms with Crippen molar-refractivity contribution >= 4 is 22.8 Å². The molecule has 0 saturated heterocycles. The number of hydrogen-bond acceptors (Lipinski definition) is 5. The van der Waals surface area contributed by atoms with Gasteiger partial charge in [-0.3, -0.25) is 0 Å². The summed E-state index contributed by atoms with van der Waals surface area (Å²) >= 11 is 0. The first-order chi connectivity index (χ1) is 8.71. The van der Waals surface area contributed by atoms with E-state index in [0.717, 1.165) is 24.9 Å². The highest BCUT2D eigenvalue weighted by molar-refractivity contribution is 5.78. The summed E-state index contributed by atoms with van der Waals surface area (Å²) in [6, 6.07) is 5.98. The first-order valence-electron chi connectivity index (χ1n) is 6.16. The van der Waals surface area contributed by atoms with Gasteiger partial charge in [0.15, 0.2) is 5.58 Å². The third kappa shape index (κ3) is 1.90. The zero-order chi connectivity index (χ0) is 12.6. The van der Waals surface area contributed by atoms with Crippen LogP contribution < -0.4 is 11.1 Å². The number of aromatic nitrogens is 1. The molecule has 1 saturated carbocycles. The Bertz CT molecular complexity index is 555. The number of rotatable bonds is 4. The highest BCUT2D eigenvalue weighted by atomic mass is 16.5. The van der Waals surface area contributed by atoms with Crippen molar-refractivity contribution in [1.29, 1.82) is 0 Å². The van der Waals surface area contributed by atoms with Crippen LogP contribution in [0.5, 0.6) is 0 Å². The fraction of sp³-hybridized carbons (Fsp3) is 0.462. The highest BCUT2D eigenvalue weighted by Crippen LogP contribution is 2.35. The third-order valence-corrected chi connectivity index (χ3v) is 3.67. The molecule has 18 heavy (non-hydrogen) atoms. The summed E-state index contributed by atoms with van der Waals surface area (Å²) in [5.74, 6) is 0. The second-order valence-electron chi connectivity index (χ2n) is 4.84. The van der Waals surface area contributed by atoms with Crippen LogP contribution in [0.15, 0.2) is 22.6 Å². The van der Waals surface area contributed by atoms with E-state index in [9.17, 15) is 0 Å². The molecule has 0 amide bonds. The number of anilines is 2. The Balaban J connectivity index is 1.74. The van der Waals surface area contributed by atoms with E-state index in [0.29, 0.717) is 17.3 Å². The number of benzene rings is 1. The van der Waals surface area contributed by atoms with Crippen LogP contribution in [0.1, 0.15) is 19.3 Å². The molecule has 1 fully saturated rings. The molecule has 3 N–H and O–H groups in total. The predicted octanol–water partition coefficient (Wildman–Crippen LogP) is 2.39. The summed E-state index contributed by atoms with van der Waals surface area (Å²) in [7, 11) is 1.76. The van der Waals surface area contributed by atoms with Gasteiger partial charge < -0.3 is 20.2 Å². The fourth-order valence-corrected chi connectivity index (χ4v) is 2.28. The lowest BCUT2D eigenvalue weighted by molar-refractivity contribution is -0.0604. The largest absolute Gasteiger partial charge is 0.423 e. The molecule has 1 aliphatic rings.